The molecular weight excluding hydrogens is 343 g/mol. The minimum atomic E-state index is -0.194. The van der Waals surface area contributed by atoms with Crippen molar-refractivity contribution in [1.82, 2.24) is 4.90 Å². The molecule has 1 aromatic rings. The number of nitrogens with zero attached hydrogens (tertiary/aromatic N) is 1. The van der Waals surface area contributed by atoms with Crippen LogP contribution >= 0.6 is 28.3 Å². The smallest absolute Gasteiger partial charge is 0.137 e. The van der Waals surface area contributed by atoms with Crippen molar-refractivity contribution in [3.63, 3.8) is 0 Å². The van der Waals surface area contributed by atoms with Gasteiger partial charge in [0.05, 0.1) is 4.47 Å². The Morgan fingerprint density at radius 2 is 2.10 bits per heavy atom. The second kappa shape index (κ2) is 6.73. The fraction of sp³-hybridized carbons (Fsp3) is 0.600. The highest BCUT2D eigenvalue weighted by molar-refractivity contribution is 9.10. The minimum Gasteiger partial charge on any atom is -0.327 e. The van der Waals surface area contributed by atoms with Gasteiger partial charge in [0.15, 0.2) is 0 Å². The topological polar surface area (TPSA) is 29.3 Å². The number of hydrogen-bond donors (Lipinski definition) is 1. The summed E-state index contributed by atoms with van der Waals surface area (Å²) in [6.45, 7) is 3.15. The maximum absolute atomic E-state index is 13.2. The number of halogens is 3. The van der Waals surface area contributed by atoms with Crippen molar-refractivity contribution in [1.29, 1.82) is 0 Å². The third kappa shape index (κ3) is 3.35. The SMILES string of the molecule is Cl.NC1CCCC2CN(Cc3ccc(F)c(Br)c3)CC12. The van der Waals surface area contributed by atoms with E-state index >= 15 is 0 Å². The quantitative estimate of drug-likeness (QED) is 0.870. The van der Waals surface area contributed by atoms with Crippen molar-refractivity contribution in [2.45, 2.75) is 31.8 Å². The monoisotopic (exact) mass is 362 g/mol. The molecule has 2 fully saturated rings. The van der Waals surface area contributed by atoms with Crippen LogP contribution in [0.15, 0.2) is 22.7 Å². The van der Waals surface area contributed by atoms with Crippen LogP contribution in [0.5, 0.6) is 0 Å². The van der Waals surface area contributed by atoms with E-state index in [1.165, 1.54) is 30.9 Å². The molecule has 1 aliphatic carbocycles. The third-order valence-electron chi connectivity index (χ3n) is 4.62. The van der Waals surface area contributed by atoms with Gasteiger partial charge in [-0.2, -0.15) is 0 Å². The average molecular weight is 364 g/mol. The Morgan fingerprint density at radius 3 is 2.80 bits per heavy atom. The zero-order valence-corrected chi connectivity index (χ0v) is 13.8. The van der Waals surface area contributed by atoms with Crippen molar-refractivity contribution < 1.29 is 4.39 Å². The Morgan fingerprint density at radius 1 is 1.30 bits per heavy atom. The number of benzene rings is 1. The Labute approximate surface area is 134 Å². The maximum atomic E-state index is 13.2. The predicted molar refractivity (Wildman–Crippen MR) is 85.4 cm³/mol. The lowest BCUT2D eigenvalue weighted by Gasteiger charge is -2.29. The van der Waals surface area contributed by atoms with Crippen molar-refractivity contribution in [2.75, 3.05) is 13.1 Å². The van der Waals surface area contributed by atoms with Crippen LogP contribution in [0.1, 0.15) is 24.8 Å². The molecule has 1 aliphatic heterocycles. The summed E-state index contributed by atoms with van der Waals surface area (Å²) in [6, 6.07) is 5.68. The molecule has 3 atom stereocenters. The van der Waals surface area contributed by atoms with Crippen LogP contribution in [0, 0.1) is 17.7 Å². The molecule has 2 aliphatic rings. The molecule has 0 amide bonds. The van der Waals surface area contributed by atoms with Crippen LogP contribution in [0.2, 0.25) is 0 Å². The van der Waals surface area contributed by atoms with E-state index in [-0.39, 0.29) is 18.2 Å². The van der Waals surface area contributed by atoms with Gasteiger partial charge in [-0.1, -0.05) is 12.5 Å². The fourth-order valence-electron chi connectivity index (χ4n) is 3.63. The summed E-state index contributed by atoms with van der Waals surface area (Å²) in [7, 11) is 0. The van der Waals surface area contributed by atoms with Gasteiger partial charge in [-0.25, -0.2) is 4.39 Å². The van der Waals surface area contributed by atoms with Gasteiger partial charge in [-0.05, 0) is 58.3 Å². The largest absolute Gasteiger partial charge is 0.327 e. The van der Waals surface area contributed by atoms with E-state index in [4.69, 9.17) is 5.73 Å². The number of fused-ring (bicyclic) bond motifs is 1. The molecule has 3 rings (SSSR count). The van der Waals surface area contributed by atoms with Gasteiger partial charge in [0.25, 0.3) is 0 Å². The van der Waals surface area contributed by atoms with E-state index in [1.54, 1.807) is 0 Å². The Balaban J connectivity index is 0.00000147. The van der Waals surface area contributed by atoms with Gasteiger partial charge in [-0.3, -0.25) is 4.90 Å². The van der Waals surface area contributed by atoms with Crippen LogP contribution in [-0.2, 0) is 6.54 Å². The molecule has 5 heteroatoms. The first-order chi connectivity index (χ1) is 9.13. The summed E-state index contributed by atoms with van der Waals surface area (Å²) in [6.07, 6.45) is 3.78. The Kier molecular flexibility index (Phi) is 5.46. The van der Waals surface area contributed by atoms with Gasteiger partial charge in [0.2, 0.25) is 0 Å². The molecule has 2 nitrogen and oxygen atoms in total. The van der Waals surface area contributed by atoms with Crippen LogP contribution in [0.4, 0.5) is 4.39 Å². The van der Waals surface area contributed by atoms with Crippen LogP contribution in [0.25, 0.3) is 0 Å². The minimum absolute atomic E-state index is 0. The van der Waals surface area contributed by atoms with E-state index in [2.05, 4.69) is 20.8 Å². The summed E-state index contributed by atoms with van der Waals surface area (Å²) in [5, 5.41) is 0. The zero-order chi connectivity index (χ0) is 13.4. The molecule has 3 unspecified atom stereocenters. The molecule has 20 heavy (non-hydrogen) atoms. The number of hydrogen-bond acceptors (Lipinski definition) is 2. The summed E-state index contributed by atoms with van der Waals surface area (Å²) in [5.41, 5.74) is 7.40. The van der Waals surface area contributed by atoms with Gasteiger partial charge in [-0.15, -0.1) is 12.4 Å². The van der Waals surface area contributed by atoms with E-state index < -0.39 is 0 Å². The van der Waals surface area contributed by atoms with E-state index in [0.717, 1.165) is 25.6 Å². The summed E-state index contributed by atoms with van der Waals surface area (Å²) >= 11 is 3.25. The summed E-state index contributed by atoms with van der Waals surface area (Å²) in [5.74, 6) is 1.24. The zero-order valence-electron chi connectivity index (χ0n) is 11.4. The molecule has 2 N–H and O–H groups in total. The molecule has 1 saturated heterocycles. The molecule has 1 heterocycles. The molecule has 0 aromatic heterocycles. The number of likely N-dealkylation sites (tertiary alicyclic amines) is 1. The standard InChI is InChI=1S/C15H20BrFN2.ClH/c16-13-6-10(4-5-14(13)17)7-19-8-11-2-1-3-15(18)12(11)9-19;/h4-6,11-12,15H,1-3,7-9,18H2;1H. The van der Waals surface area contributed by atoms with Gasteiger partial charge < -0.3 is 5.73 Å². The Bertz CT molecular complexity index is 471. The normalized spacial score (nSPS) is 29.9. The molecule has 0 spiro atoms. The second-order valence-electron chi connectivity index (χ2n) is 5.96. The van der Waals surface area contributed by atoms with E-state index in [1.807, 2.05) is 12.1 Å². The lowest BCUT2D eigenvalue weighted by molar-refractivity contribution is 0.259. The number of nitrogens with two attached hydrogens (primary N) is 1. The second-order valence-corrected chi connectivity index (χ2v) is 6.82. The molecule has 0 radical (unpaired) electrons. The Hall–Kier alpha value is -0.160. The first-order valence-corrected chi connectivity index (χ1v) is 7.84. The molecular formula is C15H21BrClFN2. The van der Waals surface area contributed by atoms with Crippen molar-refractivity contribution in [2.24, 2.45) is 17.6 Å². The van der Waals surface area contributed by atoms with Crippen molar-refractivity contribution in [3.8, 4) is 0 Å². The first kappa shape index (κ1) is 16.2. The highest BCUT2D eigenvalue weighted by atomic mass is 79.9. The molecule has 1 aromatic carbocycles. The molecule has 0 bridgehead atoms. The van der Waals surface area contributed by atoms with Crippen LogP contribution in [0.3, 0.4) is 0 Å². The number of rotatable bonds is 2. The summed E-state index contributed by atoms with van der Waals surface area (Å²) in [4.78, 5) is 2.47. The van der Waals surface area contributed by atoms with E-state index in [9.17, 15) is 4.39 Å². The van der Waals surface area contributed by atoms with Gasteiger partial charge >= 0.3 is 0 Å². The predicted octanol–water partition coefficient (Wildman–Crippen LogP) is 3.57. The lowest BCUT2D eigenvalue weighted by Crippen LogP contribution is -2.38. The maximum Gasteiger partial charge on any atom is 0.137 e. The lowest BCUT2D eigenvalue weighted by atomic mass is 9.78. The first-order valence-electron chi connectivity index (χ1n) is 7.05. The summed E-state index contributed by atoms with van der Waals surface area (Å²) < 4.78 is 13.8. The van der Waals surface area contributed by atoms with Crippen molar-refractivity contribution >= 4 is 28.3 Å². The fourth-order valence-corrected chi connectivity index (χ4v) is 4.06. The van der Waals surface area contributed by atoms with E-state index in [0.29, 0.717) is 16.4 Å². The molecule has 1 saturated carbocycles. The average Bonchev–Trinajstić information content (AvgIpc) is 2.78. The molecule has 112 valence electrons. The highest BCUT2D eigenvalue weighted by Gasteiger charge is 2.38. The van der Waals surface area contributed by atoms with Crippen LogP contribution in [-0.4, -0.2) is 24.0 Å². The third-order valence-corrected chi connectivity index (χ3v) is 5.23. The van der Waals surface area contributed by atoms with Crippen molar-refractivity contribution in [3.05, 3.63) is 34.1 Å². The van der Waals surface area contributed by atoms with Gasteiger partial charge in [0, 0.05) is 25.7 Å². The van der Waals surface area contributed by atoms with Crippen LogP contribution < -0.4 is 5.73 Å². The van der Waals surface area contributed by atoms with Gasteiger partial charge in [0.1, 0.15) is 5.82 Å². The highest BCUT2D eigenvalue weighted by Crippen LogP contribution is 2.36.